The zero-order valence-corrected chi connectivity index (χ0v) is 16.6. The van der Waals surface area contributed by atoms with Crippen LogP contribution in [0.5, 0.6) is 0 Å². The summed E-state index contributed by atoms with van der Waals surface area (Å²) in [5.41, 5.74) is 1.27. The van der Waals surface area contributed by atoms with Crippen LogP contribution in [0.15, 0.2) is 65.8 Å². The molecule has 0 saturated carbocycles. The molecule has 0 atom stereocenters. The van der Waals surface area contributed by atoms with Crippen molar-refractivity contribution in [2.45, 2.75) is 11.8 Å². The van der Waals surface area contributed by atoms with Gasteiger partial charge in [0.1, 0.15) is 0 Å². The maximum Gasteiger partial charge on any atom is 0.257 e. The molecular weight excluding hydrogens is 407 g/mol. The fourth-order valence-corrected chi connectivity index (χ4v) is 3.82. The van der Waals surface area contributed by atoms with Crippen LogP contribution in [0, 0.1) is 0 Å². The van der Waals surface area contributed by atoms with Crippen LogP contribution in [0.3, 0.4) is 0 Å². The van der Waals surface area contributed by atoms with Crippen molar-refractivity contribution in [3.63, 3.8) is 0 Å². The number of amides is 1. The minimum atomic E-state index is -3.45. The number of aromatic nitrogens is 1. The van der Waals surface area contributed by atoms with Gasteiger partial charge in [0.05, 0.1) is 32.6 Å². The molecule has 2 aromatic carbocycles. The highest BCUT2D eigenvalue weighted by molar-refractivity contribution is 7.91. The lowest BCUT2D eigenvalue weighted by molar-refractivity contribution is 0.102. The minimum Gasteiger partial charge on any atom is -0.322 e. The van der Waals surface area contributed by atoms with E-state index >= 15 is 0 Å². The second kappa shape index (κ2) is 7.76. The number of carbonyl (C=O) groups is 1. The fourth-order valence-electron chi connectivity index (χ4n) is 2.55. The van der Waals surface area contributed by atoms with E-state index in [0.29, 0.717) is 16.4 Å². The number of nitrogens with zero attached hydrogens (tertiary/aromatic N) is 1. The van der Waals surface area contributed by atoms with Crippen LogP contribution < -0.4 is 5.32 Å². The van der Waals surface area contributed by atoms with Crippen molar-refractivity contribution in [3.05, 3.63) is 76.5 Å². The first kappa shape index (κ1) is 19.5. The van der Waals surface area contributed by atoms with Crippen molar-refractivity contribution < 1.29 is 13.2 Å². The number of rotatable bonds is 5. The van der Waals surface area contributed by atoms with Crippen molar-refractivity contribution in [3.8, 4) is 5.69 Å². The Labute approximate surface area is 167 Å². The van der Waals surface area contributed by atoms with Gasteiger partial charge in [-0.2, -0.15) is 0 Å². The second-order valence-electron chi connectivity index (χ2n) is 5.75. The molecule has 1 aromatic heterocycles. The standard InChI is InChI=1S/C19H16Cl2N2O3S/c1-2-27(25,26)14-6-7-16(21)15(12-14)19(24)22-17-8-5-13(20)11-18(17)23-9-3-4-10-23/h3-12H,2H2,1H3,(H,22,24). The summed E-state index contributed by atoms with van der Waals surface area (Å²) < 4.78 is 26.0. The van der Waals surface area contributed by atoms with E-state index in [2.05, 4.69) is 5.32 Å². The van der Waals surface area contributed by atoms with Gasteiger partial charge in [0, 0.05) is 17.4 Å². The van der Waals surface area contributed by atoms with E-state index < -0.39 is 15.7 Å². The first-order valence-electron chi connectivity index (χ1n) is 8.08. The molecule has 8 heteroatoms. The predicted molar refractivity (Wildman–Crippen MR) is 108 cm³/mol. The van der Waals surface area contributed by atoms with E-state index in [1.807, 2.05) is 24.5 Å². The van der Waals surface area contributed by atoms with Gasteiger partial charge in [-0.25, -0.2) is 8.42 Å². The van der Waals surface area contributed by atoms with Crippen molar-refractivity contribution in [1.29, 1.82) is 0 Å². The number of benzene rings is 2. The van der Waals surface area contributed by atoms with E-state index in [1.165, 1.54) is 18.2 Å². The number of nitrogens with one attached hydrogen (secondary N) is 1. The van der Waals surface area contributed by atoms with Gasteiger partial charge in [0.15, 0.2) is 9.84 Å². The predicted octanol–water partition coefficient (Wildman–Crippen LogP) is 4.83. The molecule has 0 spiro atoms. The number of carbonyl (C=O) groups excluding carboxylic acids is 1. The maximum atomic E-state index is 12.8. The lowest BCUT2D eigenvalue weighted by atomic mass is 10.2. The molecule has 5 nitrogen and oxygen atoms in total. The fraction of sp³-hybridized carbons (Fsp3) is 0.105. The summed E-state index contributed by atoms with van der Waals surface area (Å²) in [7, 11) is -3.45. The van der Waals surface area contributed by atoms with Crippen LogP contribution >= 0.6 is 23.2 Å². The Morgan fingerprint density at radius 1 is 1.07 bits per heavy atom. The molecular formula is C19H16Cl2N2O3S. The molecule has 3 rings (SSSR count). The Bertz CT molecular complexity index is 1090. The molecule has 1 N–H and O–H groups in total. The first-order chi connectivity index (χ1) is 12.8. The van der Waals surface area contributed by atoms with Crippen LogP contribution in [-0.4, -0.2) is 24.6 Å². The highest BCUT2D eigenvalue weighted by Gasteiger charge is 2.18. The van der Waals surface area contributed by atoms with Gasteiger partial charge in [-0.3, -0.25) is 4.79 Å². The quantitative estimate of drug-likeness (QED) is 0.639. The monoisotopic (exact) mass is 422 g/mol. The Morgan fingerprint density at radius 2 is 1.78 bits per heavy atom. The molecule has 0 saturated heterocycles. The largest absolute Gasteiger partial charge is 0.322 e. The Kier molecular flexibility index (Phi) is 5.60. The molecule has 140 valence electrons. The smallest absolute Gasteiger partial charge is 0.257 e. The molecule has 1 amide bonds. The molecule has 0 unspecified atom stereocenters. The van der Waals surface area contributed by atoms with Crippen LogP contribution in [0.25, 0.3) is 5.69 Å². The zero-order chi connectivity index (χ0) is 19.6. The third-order valence-electron chi connectivity index (χ3n) is 4.01. The molecule has 0 bridgehead atoms. The summed E-state index contributed by atoms with van der Waals surface area (Å²) in [6.07, 6.45) is 3.64. The van der Waals surface area contributed by atoms with E-state index in [0.717, 1.165) is 0 Å². The van der Waals surface area contributed by atoms with Gasteiger partial charge in [-0.1, -0.05) is 30.1 Å². The van der Waals surface area contributed by atoms with E-state index in [4.69, 9.17) is 23.2 Å². The lowest BCUT2D eigenvalue weighted by Gasteiger charge is -2.14. The zero-order valence-electron chi connectivity index (χ0n) is 14.3. The summed E-state index contributed by atoms with van der Waals surface area (Å²) in [5.74, 6) is -0.575. The van der Waals surface area contributed by atoms with Crippen molar-refractivity contribution in [2.24, 2.45) is 0 Å². The Hall–Kier alpha value is -2.28. The van der Waals surface area contributed by atoms with Gasteiger partial charge in [-0.05, 0) is 48.5 Å². The van der Waals surface area contributed by atoms with Gasteiger partial charge in [-0.15, -0.1) is 0 Å². The lowest BCUT2D eigenvalue weighted by Crippen LogP contribution is -2.15. The third kappa shape index (κ3) is 4.18. The van der Waals surface area contributed by atoms with Crippen LogP contribution in [0.4, 0.5) is 5.69 Å². The topological polar surface area (TPSA) is 68.2 Å². The average Bonchev–Trinajstić information content (AvgIpc) is 3.17. The average molecular weight is 423 g/mol. The summed E-state index contributed by atoms with van der Waals surface area (Å²) in [5, 5.41) is 3.47. The molecule has 3 aromatic rings. The molecule has 0 fully saturated rings. The van der Waals surface area contributed by atoms with Gasteiger partial charge in [0.2, 0.25) is 0 Å². The third-order valence-corrected chi connectivity index (χ3v) is 6.31. The molecule has 0 aliphatic heterocycles. The van der Waals surface area contributed by atoms with Crippen molar-refractivity contribution in [2.75, 3.05) is 11.1 Å². The molecule has 0 radical (unpaired) electrons. The molecule has 0 aliphatic rings. The minimum absolute atomic E-state index is 0.0567. The number of sulfone groups is 1. The number of anilines is 1. The Balaban J connectivity index is 1.99. The van der Waals surface area contributed by atoms with Crippen LogP contribution in [0.1, 0.15) is 17.3 Å². The van der Waals surface area contributed by atoms with Crippen molar-refractivity contribution >= 4 is 44.6 Å². The number of hydrogen-bond donors (Lipinski definition) is 1. The second-order valence-corrected chi connectivity index (χ2v) is 8.87. The van der Waals surface area contributed by atoms with Gasteiger partial charge in [0.25, 0.3) is 5.91 Å². The highest BCUT2D eigenvalue weighted by Crippen LogP contribution is 2.27. The summed E-state index contributed by atoms with van der Waals surface area (Å²) >= 11 is 12.2. The molecule has 1 heterocycles. The van der Waals surface area contributed by atoms with E-state index in [9.17, 15) is 13.2 Å². The normalized spacial score (nSPS) is 11.4. The summed E-state index contributed by atoms with van der Waals surface area (Å²) in [6.45, 7) is 1.54. The first-order valence-corrected chi connectivity index (χ1v) is 10.5. The summed E-state index contributed by atoms with van der Waals surface area (Å²) in [6, 6.07) is 12.8. The van der Waals surface area contributed by atoms with Gasteiger partial charge < -0.3 is 9.88 Å². The Morgan fingerprint density at radius 3 is 2.44 bits per heavy atom. The van der Waals surface area contributed by atoms with Gasteiger partial charge >= 0.3 is 0 Å². The highest BCUT2D eigenvalue weighted by atomic mass is 35.5. The molecule has 27 heavy (non-hydrogen) atoms. The van der Waals surface area contributed by atoms with E-state index in [1.54, 1.807) is 29.7 Å². The van der Waals surface area contributed by atoms with Crippen molar-refractivity contribution in [1.82, 2.24) is 4.57 Å². The SMILES string of the molecule is CCS(=O)(=O)c1ccc(Cl)c(C(=O)Nc2ccc(Cl)cc2-n2cccc2)c1. The van der Waals surface area contributed by atoms with Crippen LogP contribution in [0.2, 0.25) is 10.0 Å². The number of hydrogen-bond acceptors (Lipinski definition) is 3. The van der Waals surface area contributed by atoms with Crippen LogP contribution in [-0.2, 0) is 9.84 Å². The maximum absolute atomic E-state index is 12.8. The summed E-state index contributed by atoms with van der Waals surface area (Å²) in [4.78, 5) is 12.8. The molecule has 0 aliphatic carbocycles. The van der Waals surface area contributed by atoms with E-state index in [-0.39, 0.29) is 21.2 Å². The number of halogens is 2.